The molecule has 1 atom stereocenters. The summed E-state index contributed by atoms with van der Waals surface area (Å²) in [5.41, 5.74) is 0.446. The molecule has 0 aromatic rings. The SMILES string of the molecule is C=C(C)C(=O)OCCC([CH2-])C.[Y]. The predicted molar refractivity (Wildman–Crippen MR) is 44.9 cm³/mol. The van der Waals surface area contributed by atoms with E-state index in [2.05, 4.69) is 13.5 Å². The number of carbonyl (C=O) groups excluding carboxylic acids is 1. The summed E-state index contributed by atoms with van der Waals surface area (Å²) in [6.07, 6.45) is 0.805. The molecule has 1 unspecified atom stereocenters. The Morgan fingerprint density at radius 2 is 2.17 bits per heavy atom. The van der Waals surface area contributed by atoms with Crippen LogP contribution in [0.2, 0.25) is 0 Å². The number of hydrogen-bond acceptors (Lipinski definition) is 2. The molecule has 0 spiro atoms. The molecule has 0 aliphatic carbocycles. The van der Waals surface area contributed by atoms with Crippen LogP contribution in [-0.4, -0.2) is 12.6 Å². The fourth-order valence-electron chi connectivity index (χ4n) is 0.476. The average molecular weight is 244 g/mol. The van der Waals surface area contributed by atoms with E-state index in [9.17, 15) is 4.79 Å². The predicted octanol–water partition coefficient (Wildman–Crippen LogP) is 1.96. The van der Waals surface area contributed by atoms with Crippen LogP contribution < -0.4 is 0 Å². The van der Waals surface area contributed by atoms with E-state index in [1.807, 2.05) is 6.92 Å². The Bertz CT molecular complexity index is 153. The maximum Gasteiger partial charge on any atom is 0.333 e. The van der Waals surface area contributed by atoms with E-state index in [0.717, 1.165) is 6.42 Å². The number of ether oxygens (including phenoxy) is 1. The van der Waals surface area contributed by atoms with Gasteiger partial charge in [0, 0.05) is 38.3 Å². The van der Waals surface area contributed by atoms with Gasteiger partial charge in [-0.15, -0.1) is 0 Å². The Labute approximate surface area is 99.6 Å². The zero-order valence-corrected chi connectivity index (χ0v) is 10.6. The van der Waals surface area contributed by atoms with Gasteiger partial charge in [-0.3, -0.25) is 0 Å². The number of esters is 1. The van der Waals surface area contributed by atoms with Gasteiger partial charge in [-0.25, -0.2) is 4.79 Å². The van der Waals surface area contributed by atoms with Crippen LogP contribution in [0.5, 0.6) is 0 Å². The number of rotatable bonds is 4. The third-order valence-corrected chi connectivity index (χ3v) is 1.19. The van der Waals surface area contributed by atoms with Crippen molar-refractivity contribution in [2.45, 2.75) is 20.3 Å². The van der Waals surface area contributed by atoms with Gasteiger partial charge in [0.25, 0.3) is 0 Å². The van der Waals surface area contributed by atoms with Crippen molar-refractivity contribution in [1.29, 1.82) is 0 Å². The summed E-state index contributed by atoms with van der Waals surface area (Å²) in [5, 5.41) is 0. The zero-order chi connectivity index (χ0) is 8.85. The summed E-state index contributed by atoms with van der Waals surface area (Å²) in [6, 6.07) is 0. The smallest absolute Gasteiger partial charge is 0.333 e. The topological polar surface area (TPSA) is 26.3 Å². The summed E-state index contributed by atoms with van der Waals surface area (Å²) >= 11 is 0. The average Bonchev–Trinajstić information content (AvgIpc) is 1.86. The summed E-state index contributed by atoms with van der Waals surface area (Å²) in [5.74, 6) is 0.0126. The van der Waals surface area contributed by atoms with Crippen LogP contribution in [0.1, 0.15) is 20.3 Å². The molecule has 0 aromatic heterocycles. The van der Waals surface area contributed by atoms with Crippen LogP contribution in [0.3, 0.4) is 0 Å². The van der Waals surface area contributed by atoms with Crippen LogP contribution in [0.4, 0.5) is 0 Å². The Balaban J connectivity index is 0. The van der Waals surface area contributed by atoms with Crippen molar-refractivity contribution >= 4 is 5.97 Å². The molecule has 0 N–H and O–H groups in total. The first-order chi connectivity index (χ1) is 5.04. The minimum absolute atomic E-state index is 0. The van der Waals surface area contributed by atoms with Gasteiger partial charge < -0.3 is 11.7 Å². The van der Waals surface area contributed by atoms with Crippen LogP contribution >= 0.6 is 0 Å². The van der Waals surface area contributed by atoms with E-state index < -0.39 is 0 Å². The van der Waals surface area contributed by atoms with Crippen molar-refractivity contribution < 1.29 is 42.2 Å². The first-order valence-electron chi connectivity index (χ1n) is 3.69. The van der Waals surface area contributed by atoms with E-state index in [-0.39, 0.29) is 38.7 Å². The third kappa shape index (κ3) is 8.41. The molecule has 0 fully saturated rings. The van der Waals surface area contributed by atoms with Crippen LogP contribution in [-0.2, 0) is 42.2 Å². The van der Waals surface area contributed by atoms with E-state index in [1.54, 1.807) is 6.92 Å². The summed E-state index contributed by atoms with van der Waals surface area (Å²) in [7, 11) is 0. The molecule has 0 aliphatic rings. The molecule has 1 radical (unpaired) electrons. The van der Waals surface area contributed by atoms with Gasteiger partial charge >= 0.3 is 5.97 Å². The van der Waals surface area contributed by atoms with Gasteiger partial charge in [-0.2, -0.15) is 5.92 Å². The van der Waals surface area contributed by atoms with Crippen molar-refractivity contribution in [2.75, 3.05) is 6.61 Å². The Morgan fingerprint density at radius 1 is 1.67 bits per heavy atom. The normalized spacial score (nSPS) is 11.2. The van der Waals surface area contributed by atoms with Crippen LogP contribution in [0, 0.1) is 12.8 Å². The van der Waals surface area contributed by atoms with Crippen LogP contribution in [0.25, 0.3) is 0 Å². The molecule has 0 saturated carbocycles. The van der Waals surface area contributed by atoms with Crippen molar-refractivity contribution in [3.05, 3.63) is 19.1 Å². The van der Waals surface area contributed by atoms with Crippen molar-refractivity contribution in [1.82, 2.24) is 0 Å². The molecular weight excluding hydrogens is 229 g/mol. The van der Waals surface area contributed by atoms with Gasteiger partial charge in [0.1, 0.15) is 0 Å². The molecule has 0 aromatic carbocycles. The quantitative estimate of drug-likeness (QED) is 0.429. The van der Waals surface area contributed by atoms with Crippen molar-refractivity contribution in [3.8, 4) is 0 Å². The molecular formula is C9H15O2Y-. The first-order valence-corrected chi connectivity index (χ1v) is 3.69. The second-order valence-corrected chi connectivity index (χ2v) is 2.81. The van der Waals surface area contributed by atoms with Crippen molar-refractivity contribution in [3.63, 3.8) is 0 Å². The molecule has 0 aliphatic heterocycles. The third-order valence-electron chi connectivity index (χ3n) is 1.19. The van der Waals surface area contributed by atoms with Gasteiger partial charge in [-0.05, 0) is 13.3 Å². The molecule has 0 saturated heterocycles. The van der Waals surface area contributed by atoms with Gasteiger partial charge in [0.15, 0.2) is 0 Å². The minimum Gasteiger partial charge on any atom is -0.462 e. The largest absolute Gasteiger partial charge is 0.462 e. The molecule has 3 heteroatoms. The first kappa shape index (κ1) is 14.8. The Morgan fingerprint density at radius 3 is 2.50 bits per heavy atom. The summed E-state index contributed by atoms with van der Waals surface area (Å²) in [6.45, 7) is 11.3. The minimum atomic E-state index is -0.314. The maximum absolute atomic E-state index is 10.8. The fourth-order valence-corrected chi connectivity index (χ4v) is 0.476. The maximum atomic E-state index is 10.8. The zero-order valence-electron chi connectivity index (χ0n) is 7.80. The Hall–Kier alpha value is 0.314. The standard InChI is InChI=1S/C9H15O2.Y/c1-7(2)5-6-11-9(10)8(3)4;/h7H,1,3,5-6H2,2,4H3;/q-1;. The molecule has 0 rings (SSSR count). The van der Waals surface area contributed by atoms with E-state index in [0.29, 0.717) is 18.1 Å². The summed E-state index contributed by atoms with van der Waals surface area (Å²) in [4.78, 5) is 10.8. The van der Waals surface area contributed by atoms with E-state index >= 15 is 0 Å². The second kappa shape index (κ2) is 7.94. The second-order valence-electron chi connectivity index (χ2n) is 2.81. The van der Waals surface area contributed by atoms with Crippen molar-refractivity contribution in [2.24, 2.45) is 5.92 Å². The van der Waals surface area contributed by atoms with Gasteiger partial charge in [-0.1, -0.05) is 13.5 Å². The molecule has 12 heavy (non-hydrogen) atoms. The van der Waals surface area contributed by atoms with Crippen LogP contribution in [0.15, 0.2) is 12.2 Å². The number of carbonyl (C=O) groups is 1. The van der Waals surface area contributed by atoms with E-state index in [4.69, 9.17) is 4.74 Å². The monoisotopic (exact) mass is 244 g/mol. The Kier molecular flexibility index (Phi) is 9.80. The molecule has 0 heterocycles. The molecule has 2 nitrogen and oxygen atoms in total. The van der Waals surface area contributed by atoms with E-state index in [1.165, 1.54) is 0 Å². The summed E-state index contributed by atoms with van der Waals surface area (Å²) < 4.78 is 4.84. The van der Waals surface area contributed by atoms with Gasteiger partial charge in [0.2, 0.25) is 0 Å². The van der Waals surface area contributed by atoms with Gasteiger partial charge in [0.05, 0.1) is 6.61 Å². The molecule has 67 valence electrons. The molecule has 0 bridgehead atoms. The molecule has 0 amide bonds. The number of hydrogen-bond donors (Lipinski definition) is 0. The fraction of sp³-hybridized carbons (Fsp3) is 0.556.